The number of nitrogens with one attached hydrogen (secondary N) is 1. The fourth-order valence-corrected chi connectivity index (χ4v) is 1.87. The Morgan fingerprint density at radius 1 is 1.38 bits per heavy atom. The van der Waals surface area contributed by atoms with E-state index in [1.807, 2.05) is 0 Å². The Labute approximate surface area is 116 Å². The van der Waals surface area contributed by atoms with Crippen molar-refractivity contribution in [2.24, 2.45) is 0 Å². The van der Waals surface area contributed by atoms with Crippen LogP contribution in [-0.4, -0.2) is 21.0 Å². The molecule has 0 aliphatic carbocycles. The van der Waals surface area contributed by atoms with Crippen LogP contribution in [0.25, 0.3) is 11.1 Å². The number of pyridine rings is 2. The van der Waals surface area contributed by atoms with E-state index >= 15 is 0 Å². The molecule has 2 heterocycles. The Morgan fingerprint density at radius 2 is 2.05 bits per heavy atom. The number of hydrogen-bond donors (Lipinski definition) is 2. The van der Waals surface area contributed by atoms with Gasteiger partial charge in [0.2, 0.25) is 5.43 Å². The molecule has 21 heavy (non-hydrogen) atoms. The number of rotatable bonds is 2. The van der Waals surface area contributed by atoms with Crippen LogP contribution in [0.1, 0.15) is 21.7 Å². The predicted octanol–water partition coefficient (Wildman–Crippen LogP) is 2.46. The number of aromatic carboxylic acids is 1. The topological polar surface area (TPSA) is 83.0 Å². The van der Waals surface area contributed by atoms with E-state index in [1.165, 1.54) is 13.0 Å². The van der Waals surface area contributed by atoms with E-state index in [9.17, 15) is 22.8 Å². The average molecular weight is 298 g/mol. The van der Waals surface area contributed by atoms with E-state index in [2.05, 4.69) is 9.97 Å². The zero-order chi connectivity index (χ0) is 15.8. The first-order valence-corrected chi connectivity index (χ1v) is 5.71. The van der Waals surface area contributed by atoms with Crippen LogP contribution in [-0.2, 0) is 6.18 Å². The molecule has 0 bridgehead atoms. The first-order valence-electron chi connectivity index (χ1n) is 5.71. The van der Waals surface area contributed by atoms with Gasteiger partial charge in [0.05, 0.1) is 0 Å². The van der Waals surface area contributed by atoms with Crippen molar-refractivity contribution in [1.29, 1.82) is 0 Å². The molecule has 0 radical (unpaired) electrons. The first kappa shape index (κ1) is 14.8. The molecule has 0 fully saturated rings. The van der Waals surface area contributed by atoms with Crippen molar-refractivity contribution >= 4 is 5.97 Å². The lowest BCUT2D eigenvalue weighted by molar-refractivity contribution is -0.141. The molecule has 2 aromatic rings. The van der Waals surface area contributed by atoms with E-state index in [0.717, 1.165) is 12.4 Å². The molecule has 2 aromatic heterocycles. The van der Waals surface area contributed by atoms with Gasteiger partial charge in [-0.25, -0.2) is 4.79 Å². The maximum atomic E-state index is 12.6. The molecule has 0 atom stereocenters. The van der Waals surface area contributed by atoms with Gasteiger partial charge in [-0.3, -0.25) is 9.78 Å². The van der Waals surface area contributed by atoms with Crippen LogP contribution < -0.4 is 5.43 Å². The number of H-pyrrole nitrogens is 1. The van der Waals surface area contributed by atoms with E-state index in [4.69, 9.17) is 5.11 Å². The van der Waals surface area contributed by atoms with Gasteiger partial charge in [0.1, 0.15) is 11.3 Å². The summed E-state index contributed by atoms with van der Waals surface area (Å²) < 4.78 is 37.9. The van der Waals surface area contributed by atoms with E-state index < -0.39 is 28.8 Å². The molecule has 110 valence electrons. The molecule has 2 N–H and O–H groups in total. The molecule has 2 rings (SSSR count). The van der Waals surface area contributed by atoms with Crippen LogP contribution in [0.5, 0.6) is 0 Å². The number of halogens is 3. The summed E-state index contributed by atoms with van der Waals surface area (Å²) in [4.78, 5) is 28.8. The van der Waals surface area contributed by atoms with Gasteiger partial charge in [-0.15, -0.1) is 0 Å². The van der Waals surface area contributed by atoms with Crippen LogP contribution in [0.15, 0.2) is 29.3 Å². The minimum Gasteiger partial charge on any atom is -0.477 e. The molecular weight excluding hydrogens is 289 g/mol. The first-order chi connectivity index (χ1) is 9.71. The summed E-state index contributed by atoms with van der Waals surface area (Å²) in [5.41, 5.74) is -2.44. The van der Waals surface area contributed by atoms with Crippen molar-refractivity contribution in [3.8, 4) is 11.1 Å². The van der Waals surface area contributed by atoms with Gasteiger partial charge in [0.25, 0.3) is 0 Å². The standard InChI is InChI=1S/C13H9F3N2O3/c1-6-10(11(19)8(5-18-6)12(20)21)7-2-3-17-9(4-7)13(14,15)16/h2-5H,1H3,(H,18,19)(H,20,21). The third-order valence-corrected chi connectivity index (χ3v) is 2.85. The number of aryl methyl sites for hydroxylation is 1. The van der Waals surface area contributed by atoms with Crippen LogP contribution in [0, 0.1) is 6.92 Å². The molecular formula is C13H9F3N2O3. The lowest BCUT2D eigenvalue weighted by Crippen LogP contribution is -2.19. The highest BCUT2D eigenvalue weighted by atomic mass is 19.4. The average Bonchev–Trinajstić information content (AvgIpc) is 2.37. The van der Waals surface area contributed by atoms with Crippen molar-refractivity contribution in [3.63, 3.8) is 0 Å². The highest BCUT2D eigenvalue weighted by Crippen LogP contribution is 2.30. The Balaban J connectivity index is 2.71. The molecule has 0 aliphatic heterocycles. The Morgan fingerprint density at radius 3 is 2.62 bits per heavy atom. The van der Waals surface area contributed by atoms with Gasteiger partial charge in [-0.05, 0) is 24.6 Å². The number of carboxylic acid groups (broad SMARTS) is 1. The monoisotopic (exact) mass is 298 g/mol. The molecule has 8 heteroatoms. The van der Waals surface area contributed by atoms with E-state index in [-0.39, 0.29) is 16.8 Å². The Kier molecular flexibility index (Phi) is 3.54. The second-order valence-corrected chi connectivity index (χ2v) is 4.26. The lowest BCUT2D eigenvalue weighted by atomic mass is 10.0. The summed E-state index contributed by atoms with van der Waals surface area (Å²) in [5, 5.41) is 8.90. The minimum atomic E-state index is -4.65. The summed E-state index contributed by atoms with van der Waals surface area (Å²) in [6, 6.07) is 1.93. The summed E-state index contributed by atoms with van der Waals surface area (Å²) >= 11 is 0. The highest BCUT2D eigenvalue weighted by Gasteiger charge is 2.32. The molecule has 0 saturated carbocycles. The molecule has 0 aromatic carbocycles. The van der Waals surface area contributed by atoms with Crippen LogP contribution in [0.4, 0.5) is 13.2 Å². The molecule has 0 spiro atoms. The number of hydrogen-bond acceptors (Lipinski definition) is 3. The SMILES string of the molecule is Cc1[nH]cc(C(=O)O)c(=O)c1-c1ccnc(C(F)(F)F)c1. The van der Waals surface area contributed by atoms with Crippen molar-refractivity contribution < 1.29 is 23.1 Å². The van der Waals surface area contributed by atoms with Crippen molar-refractivity contribution in [2.75, 3.05) is 0 Å². The lowest BCUT2D eigenvalue weighted by Gasteiger charge is -2.10. The van der Waals surface area contributed by atoms with Gasteiger partial charge in [0.15, 0.2) is 0 Å². The zero-order valence-corrected chi connectivity index (χ0v) is 10.7. The summed E-state index contributed by atoms with van der Waals surface area (Å²) in [7, 11) is 0. The maximum absolute atomic E-state index is 12.6. The Hall–Kier alpha value is -2.64. The highest BCUT2D eigenvalue weighted by molar-refractivity contribution is 5.89. The largest absolute Gasteiger partial charge is 0.477 e. The fraction of sp³-hybridized carbons (Fsp3) is 0.154. The second kappa shape index (κ2) is 5.04. The minimum absolute atomic E-state index is 0.0424. The van der Waals surface area contributed by atoms with Gasteiger partial charge in [-0.1, -0.05) is 0 Å². The Bertz CT molecular complexity index is 766. The van der Waals surface area contributed by atoms with Crippen molar-refractivity contribution in [2.45, 2.75) is 13.1 Å². The van der Waals surface area contributed by atoms with Gasteiger partial charge in [0, 0.05) is 23.7 Å². The van der Waals surface area contributed by atoms with Gasteiger partial charge < -0.3 is 10.1 Å². The number of carbonyl (C=O) groups is 1. The molecule has 0 aliphatic rings. The van der Waals surface area contributed by atoms with Crippen LogP contribution in [0.3, 0.4) is 0 Å². The smallest absolute Gasteiger partial charge is 0.433 e. The third-order valence-electron chi connectivity index (χ3n) is 2.85. The van der Waals surface area contributed by atoms with E-state index in [0.29, 0.717) is 6.07 Å². The van der Waals surface area contributed by atoms with Crippen LogP contribution in [0.2, 0.25) is 0 Å². The van der Waals surface area contributed by atoms with E-state index in [1.54, 1.807) is 0 Å². The number of carboxylic acids is 1. The molecule has 0 saturated heterocycles. The number of aromatic nitrogens is 2. The maximum Gasteiger partial charge on any atom is 0.433 e. The predicted molar refractivity (Wildman–Crippen MR) is 67.0 cm³/mol. The normalized spacial score (nSPS) is 11.4. The fourth-order valence-electron chi connectivity index (χ4n) is 1.87. The van der Waals surface area contributed by atoms with Gasteiger partial charge >= 0.3 is 12.1 Å². The quantitative estimate of drug-likeness (QED) is 0.892. The van der Waals surface area contributed by atoms with Gasteiger partial charge in [-0.2, -0.15) is 13.2 Å². The molecule has 0 amide bonds. The molecule has 5 nitrogen and oxygen atoms in total. The summed E-state index contributed by atoms with van der Waals surface area (Å²) in [5.74, 6) is -1.46. The number of aromatic amines is 1. The van der Waals surface area contributed by atoms with Crippen molar-refractivity contribution in [1.82, 2.24) is 9.97 Å². The second-order valence-electron chi connectivity index (χ2n) is 4.26. The molecule has 0 unspecified atom stereocenters. The van der Waals surface area contributed by atoms with Crippen LogP contribution >= 0.6 is 0 Å². The zero-order valence-electron chi connectivity index (χ0n) is 10.7. The third kappa shape index (κ3) is 2.78. The summed E-state index contributed by atoms with van der Waals surface area (Å²) in [6.07, 6.45) is -2.72. The summed E-state index contributed by atoms with van der Waals surface area (Å²) in [6.45, 7) is 1.47. The van der Waals surface area contributed by atoms with Crippen molar-refractivity contribution in [3.05, 3.63) is 51.7 Å². The number of alkyl halides is 3. The number of nitrogens with zero attached hydrogens (tertiary/aromatic N) is 1.